The van der Waals surface area contributed by atoms with Crippen molar-refractivity contribution in [2.45, 2.75) is 20.0 Å². The molecule has 0 saturated carbocycles. The maximum atomic E-state index is 12.5. The van der Waals surface area contributed by atoms with E-state index in [4.69, 9.17) is 4.74 Å². The van der Waals surface area contributed by atoms with Gasteiger partial charge >= 0.3 is 6.03 Å². The molecule has 3 rings (SSSR count). The van der Waals surface area contributed by atoms with Crippen molar-refractivity contribution in [3.05, 3.63) is 48.5 Å². The molecule has 132 valence electrons. The number of pyridine rings is 1. The Morgan fingerprint density at radius 3 is 2.48 bits per heavy atom. The molecule has 25 heavy (non-hydrogen) atoms. The van der Waals surface area contributed by atoms with E-state index in [1.165, 1.54) is 0 Å². The maximum absolute atomic E-state index is 12.5. The highest BCUT2D eigenvalue weighted by Crippen LogP contribution is 2.23. The Hall–Kier alpha value is -2.60. The molecule has 0 spiro atoms. The standard InChI is InChI=1S/C19H23N3O3/c1-13-11-22(12-14(2)18(13)23)19(24)21-16-9-6-10-17(20-16)25-15-7-4-3-5-8-15/h3-10,13-14,18,23H,11-12H2,1-2H3,(H,20,21,24). The number of aliphatic hydroxyl groups is 1. The van der Waals surface area contributed by atoms with Gasteiger partial charge in [-0.1, -0.05) is 38.1 Å². The van der Waals surface area contributed by atoms with Gasteiger partial charge in [0.25, 0.3) is 0 Å². The molecule has 2 aromatic rings. The fourth-order valence-corrected chi connectivity index (χ4v) is 3.05. The zero-order valence-electron chi connectivity index (χ0n) is 14.4. The largest absolute Gasteiger partial charge is 0.439 e. The molecule has 0 aliphatic carbocycles. The maximum Gasteiger partial charge on any atom is 0.323 e. The summed E-state index contributed by atoms with van der Waals surface area (Å²) in [4.78, 5) is 18.5. The molecular weight excluding hydrogens is 318 g/mol. The zero-order valence-corrected chi connectivity index (χ0v) is 14.4. The van der Waals surface area contributed by atoms with E-state index < -0.39 is 0 Å². The van der Waals surface area contributed by atoms with E-state index in [1.54, 1.807) is 23.1 Å². The number of nitrogens with zero attached hydrogens (tertiary/aromatic N) is 2. The summed E-state index contributed by atoms with van der Waals surface area (Å²) in [6.45, 7) is 4.95. The van der Waals surface area contributed by atoms with Gasteiger partial charge in [-0.2, -0.15) is 4.98 Å². The molecule has 1 aromatic carbocycles. The lowest BCUT2D eigenvalue weighted by atomic mass is 9.88. The number of aliphatic hydroxyl groups excluding tert-OH is 1. The van der Waals surface area contributed by atoms with Gasteiger partial charge in [0.15, 0.2) is 0 Å². The number of ether oxygens (including phenoxy) is 1. The first-order valence-corrected chi connectivity index (χ1v) is 8.47. The summed E-state index contributed by atoms with van der Waals surface area (Å²) >= 11 is 0. The van der Waals surface area contributed by atoms with Crippen LogP contribution in [0.5, 0.6) is 11.6 Å². The summed E-state index contributed by atoms with van der Waals surface area (Å²) < 4.78 is 5.69. The molecule has 2 unspecified atom stereocenters. The number of rotatable bonds is 3. The summed E-state index contributed by atoms with van der Waals surface area (Å²) in [5.41, 5.74) is 0. The molecule has 2 heterocycles. The third-order valence-electron chi connectivity index (χ3n) is 4.39. The highest BCUT2D eigenvalue weighted by Gasteiger charge is 2.32. The van der Waals surface area contributed by atoms with Crippen molar-refractivity contribution in [2.75, 3.05) is 18.4 Å². The lowest BCUT2D eigenvalue weighted by molar-refractivity contribution is 0.00752. The number of likely N-dealkylation sites (tertiary alicyclic amines) is 1. The van der Waals surface area contributed by atoms with Crippen LogP contribution >= 0.6 is 0 Å². The van der Waals surface area contributed by atoms with E-state index in [2.05, 4.69) is 10.3 Å². The topological polar surface area (TPSA) is 74.7 Å². The van der Waals surface area contributed by atoms with Crippen LogP contribution in [0.2, 0.25) is 0 Å². The molecule has 6 nitrogen and oxygen atoms in total. The number of urea groups is 1. The lowest BCUT2D eigenvalue weighted by Crippen LogP contribution is -2.51. The Kier molecular flexibility index (Phi) is 5.19. The highest BCUT2D eigenvalue weighted by atomic mass is 16.5. The van der Waals surface area contributed by atoms with Crippen LogP contribution in [0.15, 0.2) is 48.5 Å². The van der Waals surface area contributed by atoms with Gasteiger partial charge in [0.1, 0.15) is 11.6 Å². The van der Waals surface area contributed by atoms with Gasteiger partial charge in [0.05, 0.1) is 6.10 Å². The number of piperidine rings is 1. The van der Waals surface area contributed by atoms with Crippen LogP contribution in [0.4, 0.5) is 10.6 Å². The number of para-hydroxylation sites is 1. The van der Waals surface area contributed by atoms with Crippen LogP contribution in [0.25, 0.3) is 0 Å². The second kappa shape index (κ2) is 7.53. The Morgan fingerprint density at radius 1 is 1.12 bits per heavy atom. The van der Waals surface area contributed by atoms with Gasteiger partial charge in [-0.25, -0.2) is 4.79 Å². The van der Waals surface area contributed by atoms with Gasteiger partial charge in [-0.15, -0.1) is 0 Å². The number of hydrogen-bond acceptors (Lipinski definition) is 4. The fourth-order valence-electron chi connectivity index (χ4n) is 3.05. The Labute approximate surface area is 147 Å². The summed E-state index contributed by atoms with van der Waals surface area (Å²) in [7, 11) is 0. The minimum atomic E-state index is -0.371. The first-order chi connectivity index (χ1) is 12.0. The van der Waals surface area contributed by atoms with E-state index in [-0.39, 0.29) is 24.0 Å². The Balaban J connectivity index is 1.65. The summed E-state index contributed by atoms with van der Waals surface area (Å²) in [6.07, 6.45) is -0.371. The molecule has 1 aliphatic heterocycles. The normalized spacial score (nSPS) is 23.2. The predicted octanol–water partition coefficient (Wildman–Crippen LogP) is 3.35. The zero-order chi connectivity index (χ0) is 17.8. The number of nitrogens with one attached hydrogen (secondary N) is 1. The Bertz CT molecular complexity index is 711. The second-order valence-electron chi connectivity index (χ2n) is 6.56. The van der Waals surface area contributed by atoms with Gasteiger partial charge in [0.2, 0.25) is 5.88 Å². The molecular formula is C19H23N3O3. The third-order valence-corrected chi connectivity index (χ3v) is 4.39. The quantitative estimate of drug-likeness (QED) is 0.898. The van der Waals surface area contributed by atoms with Gasteiger partial charge in [0, 0.05) is 31.0 Å². The number of aromatic nitrogens is 1. The monoisotopic (exact) mass is 341 g/mol. The highest BCUT2D eigenvalue weighted by molar-refractivity contribution is 5.88. The van der Waals surface area contributed by atoms with E-state index in [0.29, 0.717) is 30.5 Å². The van der Waals surface area contributed by atoms with Crippen LogP contribution in [-0.2, 0) is 0 Å². The van der Waals surface area contributed by atoms with Crippen LogP contribution in [0.1, 0.15) is 13.8 Å². The minimum Gasteiger partial charge on any atom is -0.439 e. The molecule has 1 saturated heterocycles. The number of carbonyl (C=O) groups excluding carboxylic acids is 1. The van der Waals surface area contributed by atoms with Crippen LogP contribution < -0.4 is 10.1 Å². The van der Waals surface area contributed by atoms with Crippen molar-refractivity contribution in [1.82, 2.24) is 9.88 Å². The van der Waals surface area contributed by atoms with E-state index in [1.807, 2.05) is 44.2 Å². The predicted molar refractivity (Wildman–Crippen MR) is 95.7 cm³/mol. The fraction of sp³-hybridized carbons (Fsp3) is 0.368. The SMILES string of the molecule is CC1CN(C(=O)Nc2cccc(Oc3ccccc3)n2)CC(C)C1O. The van der Waals surface area contributed by atoms with Gasteiger partial charge < -0.3 is 14.7 Å². The van der Waals surface area contributed by atoms with Gasteiger partial charge in [-0.3, -0.25) is 5.32 Å². The molecule has 2 atom stereocenters. The third kappa shape index (κ3) is 4.28. The van der Waals surface area contributed by atoms with Crippen molar-refractivity contribution >= 4 is 11.8 Å². The van der Waals surface area contributed by atoms with Crippen LogP contribution in [0, 0.1) is 11.8 Å². The number of amides is 2. The summed E-state index contributed by atoms with van der Waals surface area (Å²) in [5.74, 6) is 1.64. The molecule has 2 amide bonds. The summed E-state index contributed by atoms with van der Waals surface area (Å²) in [5, 5.41) is 12.8. The van der Waals surface area contributed by atoms with Crippen molar-refractivity contribution in [1.29, 1.82) is 0 Å². The molecule has 2 N–H and O–H groups in total. The smallest absolute Gasteiger partial charge is 0.323 e. The minimum absolute atomic E-state index is 0.0511. The summed E-state index contributed by atoms with van der Waals surface area (Å²) in [6, 6.07) is 14.4. The van der Waals surface area contributed by atoms with Crippen LogP contribution in [0.3, 0.4) is 0 Å². The van der Waals surface area contributed by atoms with Gasteiger partial charge in [-0.05, 0) is 18.2 Å². The lowest BCUT2D eigenvalue weighted by Gasteiger charge is -2.38. The number of hydrogen-bond donors (Lipinski definition) is 2. The molecule has 6 heteroatoms. The number of anilines is 1. The van der Waals surface area contributed by atoms with E-state index >= 15 is 0 Å². The van der Waals surface area contributed by atoms with Crippen molar-refractivity contribution < 1.29 is 14.6 Å². The van der Waals surface area contributed by atoms with Crippen molar-refractivity contribution in [2.24, 2.45) is 11.8 Å². The van der Waals surface area contributed by atoms with Crippen molar-refractivity contribution in [3.63, 3.8) is 0 Å². The average Bonchev–Trinajstić information content (AvgIpc) is 2.60. The Morgan fingerprint density at radius 2 is 1.80 bits per heavy atom. The van der Waals surface area contributed by atoms with E-state index in [0.717, 1.165) is 0 Å². The molecule has 0 radical (unpaired) electrons. The number of carbonyl (C=O) groups is 1. The molecule has 1 fully saturated rings. The van der Waals surface area contributed by atoms with Crippen molar-refractivity contribution in [3.8, 4) is 11.6 Å². The average molecular weight is 341 g/mol. The first kappa shape index (κ1) is 17.2. The first-order valence-electron chi connectivity index (χ1n) is 8.47. The number of benzene rings is 1. The molecule has 1 aromatic heterocycles. The second-order valence-corrected chi connectivity index (χ2v) is 6.56. The molecule has 1 aliphatic rings. The molecule has 0 bridgehead atoms. The van der Waals surface area contributed by atoms with Crippen LogP contribution in [-0.4, -0.2) is 40.2 Å². The van der Waals surface area contributed by atoms with E-state index in [9.17, 15) is 9.90 Å².